The number of hydrogen-bond acceptors (Lipinski definition) is 3. The first-order chi connectivity index (χ1) is 9.55. The maximum Gasteiger partial charge on any atom is 0.175 e. The predicted octanol–water partition coefficient (Wildman–Crippen LogP) is 3.31. The van der Waals surface area contributed by atoms with E-state index in [1.54, 1.807) is 18.3 Å². The van der Waals surface area contributed by atoms with Gasteiger partial charge in [0.15, 0.2) is 9.84 Å². The van der Waals surface area contributed by atoms with E-state index in [4.69, 9.17) is 0 Å². The molecular weight excluding hydrogens is 270 g/mol. The normalized spacial score (nSPS) is 11.7. The van der Waals surface area contributed by atoms with E-state index in [9.17, 15) is 8.42 Å². The van der Waals surface area contributed by atoms with Crippen LogP contribution in [0.5, 0.6) is 0 Å². The van der Waals surface area contributed by atoms with E-state index >= 15 is 0 Å². The van der Waals surface area contributed by atoms with Crippen molar-refractivity contribution < 1.29 is 8.42 Å². The molecule has 3 aromatic rings. The molecule has 0 fully saturated rings. The molecule has 0 unspecified atom stereocenters. The number of benzene rings is 2. The molecule has 100 valence electrons. The number of hydrogen-bond donors (Lipinski definition) is 0. The summed E-state index contributed by atoms with van der Waals surface area (Å²) in [5.74, 6) is 0. The van der Waals surface area contributed by atoms with E-state index in [2.05, 4.69) is 4.98 Å². The average Bonchev–Trinajstić information content (AvgIpc) is 2.46. The van der Waals surface area contributed by atoms with Gasteiger partial charge in [0.05, 0.1) is 10.4 Å². The van der Waals surface area contributed by atoms with Crippen LogP contribution < -0.4 is 0 Å². The molecule has 2 aromatic carbocycles. The lowest BCUT2D eigenvalue weighted by molar-refractivity contribution is 0.602. The number of aromatic nitrogens is 1. The zero-order chi connectivity index (χ0) is 14.2. The highest BCUT2D eigenvalue weighted by Gasteiger charge is 2.08. The largest absolute Gasteiger partial charge is 0.256 e. The number of nitrogens with zero attached hydrogens (tertiary/aromatic N) is 1. The first kappa shape index (κ1) is 12.8. The zero-order valence-electron chi connectivity index (χ0n) is 10.9. The van der Waals surface area contributed by atoms with Crippen LogP contribution in [0.2, 0.25) is 0 Å². The van der Waals surface area contributed by atoms with E-state index < -0.39 is 9.84 Å². The molecule has 0 N–H and O–H groups in total. The Morgan fingerprint density at radius 2 is 1.60 bits per heavy atom. The minimum Gasteiger partial charge on any atom is -0.256 e. The standard InChI is InChI=1S/C16H13NO2S/c1-20(18,19)13-8-6-12(7-9-13)14-10-11-17-16-5-3-2-4-15(14)16/h2-11H,1H3. The lowest BCUT2D eigenvalue weighted by Gasteiger charge is -2.07. The van der Waals surface area contributed by atoms with E-state index in [-0.39, 0.29) is 0 Å². The topological polar surface area (TPSA) is 47.0 Å². The second kappa shape index (κ2) is 4.72. The van der Waals surface area contributed by atoms with Crippen molar-refractivity contribution in [2.75, 3.05) is 6.26 Å². The first-order valence-corrected chi connectivity index (χ1v) is 8.09. The fourth-order valence-corrected chi connectivity index (χ4v) is 2.86. The molecule has 0 radical (unpaired) electrons. The van der Waals surface area contributed by atoms with Gasteiger partial charge >= 0.3 is 0 Å². The minimum atomic E-state index is -3.16. The van der Waals surface area contributed by atoms with E-state index in [0.29, 0.717) is 4.90 Å². The summed E-state index contributed by atoms with van der Waals surface area (Å²) in [4.78, 5) is 4.66. The fraction of sp³-hybridized carbons (Fsp3) is 0.0625. The van der Waals surface area contributed by atoms with Crippen molar-refractivity contribution in [3.05, 3.63) is 60.8 Å². The Bertz CT molecular complexity index is 863. The molecule has 0 amide bonds. The van der Waals surface area contributed by atoms with Crippen LogP contribution in [-0.4, -0.2) is 19.7 Å². The monoisotopic (exact) mass is 283 g/mol. The maximum atomic E-state index is 11.5. The van der Waals surface area contributed by atoms with Gasteiger partial charge in [-0.05, 0) is 35.4 Å². The molecule has 0 aliphatic heterocycles. The maximum absolute atomic E-state index is 11.5. The lowest BCUT2D eigenvalue weighted by atomic mass is 10.0. The molecule has 20 heavy (non-hydrogen) atoms. The third kappa shape index (κ3) is 2.30. The minimum absolute atomic E-state index is 0.333. The summed E-state index contributed by atoms with van der Waals surface area (Å²) in [5, 5.41) is 1.06. The molecule has 1 heterocycles. The van der Waals surface area contributed by atoms with Gasteiger partial charge in [0.25, 0.3) is 0 Å². The Kier molecular flexibility index (Phi) is 3.03. The Hall–Kier alpha value is -2.20. The third-order valence-electron chi connectivity index (χ3n) is 3.24. The SMILES string of the molecule is CS(=O)(=O)c1ccc(-c2ccnc3ccccc23)cc1. The van der Waals surface area contributed by atoms with Gasteiger partial charge < -0.3 is 0 Å². The highest BCUT2D eigenvalue weighted by atomic mass is 32.2. The molecule has 0 spiro atoms. The van der Waals surface area contributed by atoms with Crippen LogP contribution in [0.1, 0.15) is 0 Å². The smallest absolute Gasteiger partial charge is 0.175 e. The van der Waals surface area contributed by atoms with Crippen molar-refractivity contribution in [3.63, 3.8) is 0 Å². The van der Waals surface area contributed by atoms with E-state index in [1.807, 2.05) is 42.5 Å². The van der Waals surface area contributed by atoms with Crippen LogP contribution in [0, 0.1) is 0 Å². The second-order valence-corrected chi connectivity index (χ2v) is 6.69. The predicted molar refractivity (Wildman–Crippen MR) is 80.3 cm³/mol. The summed E-state index contributed by atoms with van der Waals surface area (Å²) >= 11 is 0. The highest BCUT2D eigenvalue weighted by Crippen LogP contribution is 2.27. The van der Waals surface area contributed by atoms with Crippen molar-refractivity contribution >= 4 is 20.7 Å². The van der Waals surface area contributed by atoms with Crippen LogP contribution in [0.3, 0.4) is 0 Å². The molecule has 0 aliphatic carbocycles. The Morgan fingerprint density at radius 3 is 2.30 bits per heavy atom. The summed E-state index contributed by atoms with van der Waals surface area (Å²) in [5.41, 5.74) is 2.96. The summed E-state index contributed by atoms with van der Waals surface area (Å²) in [6.07, 6.45) is 2.98. The van der Waals surface area contributed by atoms with Gasteiger partial charge in [0.2, 0.25) is 0 Å². The lowest BCUT2D eigenvalue weighted by Crippen LogP contribution is -1.96. The number of sulfone groups is 1. The van der Waals surface area contributed by atoms with Gasteiger partial charge in [0, 0.05) is 17.8 Å². The van der Waals surface area contributed by atoms with Crippen molar-refractivity contribution in [3.8, 4) is 11.1 Å². The van der Waals surface area contributed by atoms with Crippen LogP contribution in [0.15, 0.2) is 65.7 Å². The second-order valence-electron chi connectivity index (χ2n) is 4.67. The molecule has 0 saturated carbocycles. The molecule has 0 atom stereocenters. The van der Waals surface area contributed by atoms with Crippen molar-refractivity contribution in [2.45, 2.75) is 4.90 Å². The van der Waals surface area contributed by atoms with Crippen LogP contribution in [0.25, 0.3) is 22.0 Å². The summed E-state index contributed by atoms with van der Waals surface area (Å²) in [7, 11) is -3.16. The molecule has 3 nitrogen and oxygen atoms in total. The van der Waals surface area contributed by atoms with Crippen molar-refractivity contribution in [1.82, 2.24) is 4.98 Å². The number of rotatable bonds is 2. The van der Waals surface area contributed by atoms with Crippen LogP contribution in [-0.2, 0) is 9.84 Å². The van der Waals surface area contributed by atoms with Crippen molar-refractivity contribution in [2.24, 2.45) is 0 Å². The summed E-state index contributed by atoms with van der Waals surface area (Å²) in [6, 6.07) is 16.8. The number of para-hydroxylation sites is 1. The first-order valence-electron chi connectivity index (χ1n) is 6.20. The van der Waals surface area contributed by atoms with Crippen LogP contribution >= 0.6 is 0 Å². The van der Waals surface area contributed by atoms with Gasteiger partial charge in [-0.3, -0.25) is 4.98 Å². The average molecular weight is 283 g/mol. The quantitative estimate of drug-likeness (QED) is 0.725. The van der Waals surface area contributed by atoms with E-state index in [0.717, 1.165) is 22.0 Å². The summed E-state index contributed by atoms with van der Waals surface area (Å²) < 4.78 is 23.0. The van der Waals surface area contributed by atoms with Gasteiger partial charge in [0.1, 0.15) is 0 Å². The van der Waals surface area contributed by atoms with Gasteiger partial charge in [-0.25, -0.2) is 8.42 Å². The van der Waals surface area contributed by atoms with Gasteiger partial charge in [-0.15, -0.1) is 0 Å². The highest BCUT2D eigenvalue weighted by molar-refractivity contribution is 7.90. The Morgan fingerprint density at radius 1 is 0.900 bits per heavy atom. The number of fused-ring (bicyclic) bond motifs is 1. The van der Waals surface area contributed by atoms with E-state index in [1.165, 1.54) is 6.26 Å². The number of pyridine rings is 1. The van der Waals surface area contributed by atoms with Gasteiger partial charge in [-0.1, -0.05) is 30.3 Å². The molecule has 0 aliphatic rings. The summed E-state index contributed by atoms with van der Waals surface area (Å²) in [6.45, 7) is 0. The Balaban J connectivity index is 2.17. The molecule has 4 heteroatoms. The molecular formula is C16H13NO2S. The van der Waals surface area contributed by atoms with Crippen LogP contribution in [0.4, 0.5) is 0 Å². The molecule has 1 aromatic heterocycles. The molecule has 3 rings (SSSR count). The van der Waals surface area contributed by atoms with Crippen molar-refractivity contribution in [1.29, 1.82) is 0 Å². The van der Waals surface area contributed by atoms with Gasteiger partial charge in [-0.2, -0.15) is 0 Å². The third-order valence-corrected chi connectivity index (χ3v) is 4.37. The molecule has 0 saturated heterocycles. The Labute approximate surface area is 117 Å². The zero-order valence-corrected chi connectivity index (χ0v) is 11.8. The molecule has 0 bridgehead atoms. The fourth-order valence-electron chi connectivity index (χ4n) is 2.23.